The lowest BCUT2D eigenvalue weighted by atomic mass is 10.2. The maximum atomic E-state index is 13.2. The van der Waals surface area contributed by atoms with Crippen molar-refractivity contribution in [2.75, 3.05) is 0 Å². The van der Waals surface area contributed by atoms with Crippen LogP contribution in [0.25, 0.3) is 0 Å². The highest BCUT2D eigenvalue weighted by Crippen LogP contribution is 2.37. The van der Waals surface area contributed by atoms with Crippen molar-refractivity contribution < 1.29 is 45.4 Å². The zero-order chi connectivity index (χ0) is 15.7. The van der Waals surface area contributed by atoms with Gasteiger partial charge in [0.05, 0.1) is 5.56 Å². The van der Waals surface area contributed by atoms with Crippen LogP contribution in [0.5, 0.6) is 5.75 Å². The van der Waals surface area contributed by atoms with Gasteiger partial charge in [-0.3, -0.25) is 0 Å². The van der Waals surface area contributed by atoms with Crippen LogP contribution in [0.3, 0.4) is 0 Å². The fourth-order valence-electron chi connectivity index (χ4n) is 1.11. The molecule has 20 heavy (non-hydrogen) atoms. The van der Waals surface area contributed by atoms with E-state index in [2.05, 4.69) is 4.74 Å². The Morgan fingerprint density at radius 3 is 2.15 bits per heavy atom. The van der Waals surface area contributed by atoms with Crippen LogP contribution in [-0.4, -0.2) is 29.5 Å². The lowest BCUT2D eigenvalue weighted by molar-refractivity contribution is -0.305. The maximum absolute atomic E-state index is 13.2. The summed E-state index contributed by atoms with van der Waals surface area (Å²) < 4.78 is 90.1. The number of rotatable bonds is 4. The Bertz CT molecular complexity index is 512. The number of ether oxygens (including phenoxy) is 1. The molecule has 0 spiro atoms. The molecule has 1 unspecified atom stereocenters. The molecule has 0 aromatic heterocycles. The summed E-state index contributed by atoms with van der Waals surface area (Å²) in [7, 11) is 0. The van der Waals surface area contributed by atoms with Crippen molar-refractivity contribution in [2.45, 2.75) is 18.5 Å². The molecule has 1 atom stereocenters. The summed E-state index contributed by atoms with van der Waals surface area (Å²) in [6.07, 6.45) is -15.9. The minimum atomic E-state index is -5.90. The van der Waals surface area contributed by atoms with Crippen LogP contribution in [0.2, 0.25) is 0 Å². The topological polar surface area (TPSA) is 46.5 Å². The summed E-state index contributed by atoms with van der Waals surface area (Å²) in [5.41, 5.74) is -0.647. The first-order valence-electron chi connectivity index (χ1n) is 4.75. The molecule has 112 valence electrons. The molecular formula is C10H5F7O3. The molecule has 0 aliphatic carbocycles. The van der Waals surface area contributed by atoms with Crippen molar-refractivity contribution in [3.8, 4) is 5.75 Å². The van der Waals surface area contributed by atoms with Gasteiger partial charge in [-0.1, -0.05) is 0 Å². The number of carbonyl (C=O) groups is 1. The fraction of sp³-hybridized carbons (Fsp3) is 0.300. The molecule has 1 aromatic carbocycles. The van der Waals surface area contributed by atoms with Crippen LogP contribution in [0, 0.1) is 5.82 Å². The SMILES string of the molecule is O=C(O)c1ccc(OC(F)(F)C(F)C(F)(F)F)c(F)c1. The smallest absolute Gasteiger partial charge is 0.439 e. The molecule has 1 aromatic rings. The van der Waals surface area contributed by atoms with Gasteiger partial charge in [0, 0.05) is 0 Å². The van der Waals surface area contributed by atoms with E-state index in [4.69, 9.17) is 5.11 Å². The van der Waals surface area contributed by atoms with Crippen LogP contribution in [0.4, 0.5) is 30.7 Å². The lowest BCUT2D eigenvalue weighted by Gasteiger charge is -2.23. The third-order valence-electron chi connectivity index (χ3n) is 2.01. The van der Waals surface area contributed by atoms with Crippen LogP contribution >= 0.6 is 0 Å². The summed E-state index contributed by atoms with van der Waals surface area (Å²) >= 11 is 0. The molecule has 0 bridgehead atoms. The van der Waals surface area contributed by atoms with E-state index < -0.39 is 41.6 Å². The van der Waals surface area contributed by atoms with Crippen LogP contribution in [0.15, 0.2) is 18.2 Å². The highest BCUT2D eigenvalue weighted by atomic mass is 19.4. The van der Waals surface area contributed by atoms with Gasteiger partial charge in [0.15, 0.2) is 11.6 Å². The maximum Gasteiger partial charge on any atom is 0.439 e. The minimum Gasteiger partial charge on any atom is -0.478 e. The Balaban J connectivity index is 3.01. The number of benzene rings is 1. The van der Waals surface area contributed by atoms with Crippen molar-refractivity contribution >= 4 is 5.97 Å². The van der Waals surface area contributed by atoms with Crippen molar-refractivity contribution in [1.29, 1.82) is 0 Å². The molecule has 0 amide bonds. The van der Waals surface area contributed by atoms with E-state index in [1.165, 1.54) is 0 Å². The van der Waals surface area contributed by atoms with Gasteiger partial charge >= 0.3 is 18.3 Å². The minimum absolute atomic E-state index is 0.245. The normalized spacial score (nSPS) is 13.9. The van der Waals surface area contributed by atoms with Crippen LogP contribution < -0.4 is 4.74 Å². The predicted molar refractivity (Wildman–Crippen MR) is 49.9 cm³/mol. The van der Waals surface area contributed by atoms with Gasteiger partial charge in [0.2, 0.25) is 0 Å². The number of carboxylic acid groups (broad SMARTS) is 1. The van der Waals surface area contributed by atoms with Crippen molar-refractivity contribution in [1.82, 2.24) is 0 Å². The van der Waals surface area contributed by atoms with Crippen LogP contribution in [-0.2, 0) is 0 Å². The van der Waals surface area contributed by atoms with Crippen molar-refractivity contribution in [3.63, 3.8) is 0 Å². The molecule has 0 fully saturated rings. The van der Waals surface area contributed by atoms with E-state index >= 15 is 0 Å². The second-order valence-electron chi connectivity index (χ2n) is 3.52. The predicted octanol–water partition coefficient (Wildman–Crippen LogP) is 3.40. The Kier molecular flexibility index (Phi) is 4.15. The van der Waals surface area contributed by atoms with E-state index in [1.807, 2.05) is 0 Å². The third kappa shape index (κ3) is 3.52. The molecule has 0 saturated carbocycles. The molecule has 0 radical (unpaired) electrons. The van der Waals surface area contributed by atoms with Gasteiger partial charge in [-0.2, -0.15) is 22.0 Å². The number of halogens is 7. The summed E-state index contributed by atoms with van der Waals surface area (Å²) in [5, 5.41) is 8.46. The first-order chi connectivity index (χ1) is 8.95. The van der Waals surface area contributed by atoms with Gasteiger partial charge in [-0.25, -0.2) is 13.6 Å². The summed E-state index contributed by atoms with van der Waals surface area (Å²) in [5.74, 6) is -4.67. The Hall–Kier alpha value is -2.00. The Labute approximate surface area is 106 Å². The monoisotopic (exact) mass is 306 g/mol. The Morgan fingerprint density at radius 2 is 1.75 bits per heavy atom. The van der Waals surface area contributed by atoms with Gasteiger partial charge in [-0.15, -0.1) is 0 Å². The average Bonchev–Trinajstić information content (AvgIpc) is 2.29. The van der Waals surface area contributed by atoms with Crippen LogP contribution in [0.1, 0.15) is 10.4 Å². The molecule has 0 saturated heterocycles. The first kappa shape index (κ1) is 16.1. The van der Waals surface area contributed by atoms with Crippen molar-refractivity contribution in [3.05, 3.63) is 29.6 Å². The fourth-order valence-corrected chi connectivity index (χ4v) is 1.11. The molecule has 0 aliphatic heterocycles. The van der Waals surface area contributed by atoms with E-state index in [1.54, 1.807) is 0 Å². The number of aromatic carboxylic acids is 1. The highest BCUT2D eigenvalue weighted by molar-refractivity contribution is 5.87. The van der Waals surface area contributed by atoms with Crippen molar-refractivity contribution in [2.24, 2.45) is 0 Å². The Morgan fingerprint density at radius 1 is 1.20 bits per heavy atom. The molecular weight excluding hydrogens is 301 g/mol. The molecule has 1 N–H and O–H groups in total. The average molecular weight is 306 g/mol. The number of alkyl halides is 6. The summed E-state index contributed by atoms with van der Waals surface area (Å²) in [4.78, 5) is 10.4. The molecule has 1 rings (SSSR count). The second kappa shape index (κ2) is 5.17. The molecule has 0 heterocycles. The zero-order valence-corrected chi connectivity index (χ0v) is 9.22. The van der Waals surface area contributed by atoms with Gasteiger partial charge in [0.25, 0.3) is 6.17 Å². The molecule has 10 heteroatoms. The zero-order valence-electron chi connectivity index (χ0n) is 9.22. The second-order valence-corrected chi connectivity index (χ2v) is 3.52. The highest BCUT2D eigenvalue weighted by Gasteiger charge is 2.59. The number of hydrogen-bond donors (Lipinski definition) is 1. The van der Waals surface area contributed by atoms with Gasteiger partial charge in [-0.05, 0) is 18.2 Å². The summed E-state index contributed by atoms with van der Waals surface area (Å²) in [6.45, 7) is 0. The van der Waals surface area contributed by atoms with E-state index in [0.29, 0.717) is 12.1 Å². The lowest BCUT2D eigenvalue weighted by Crippen LogP contribution is -2.45. The largest absolute Gasteiger partial charge is 0.478 e. The summed E-state index contributed by atoms with van der Waals surface area (Å²) in [6, 6.07) is 1.21. The molecule has 0 aliphatic rings. The quantitative estimate of drug-likeness (QED) is 0.867. The molecule has 3 nitrogen and oxygen atoms in total. The van der Waals surface area contributed by atoms with E-state index in [0.717, 1.165) is 0 Å². The third-order valence-corrected chi connectivity index (χ3v) is 2.01. The first-order valence-corrected chi connectivity index (χ1v) is 4.75. The van der Waals surface area contributed by atoms with E-state index in [-0.39, 0.29) is 6.07 Å². The van der Waals surface area contributed by atoms with E-state index in [9.17, 15) is 35.5 Å². The number of hydrogen-bond acceptors (Lipinski definition) is 2. The standard InChI is InChI=1S/C10H5F7O3/c11-5-3-4(7(18)19)1-2-6(5)20-10(16,17)8(12)9(13,14)15/h1-3,8H,(H,18,19). The number of carboxylic acids is 1. The van der Waals surface area contributed by atoms with Gasteiger partial charge in [0.1, 0.15) is 0 Å². The van der Waals surface area contributed by atoms with Gasteiger partial charge < -0.3 is 9.84 Å².